The standard InChI is InChI=1S/C25H23NO3S/c1-15-10-11-18(13-17(15)3)23(27)21-22(20-9-5-4-7-16(20)2)26(25(29)24(21)28)14-19-8-6-12-30-19/h4-13,22,27H,14H2,1-3H3/b23-21+. The molecule has 4 nitrogen and oxygen atoms in total. The molecular formula is C25H23NO3S. The molecule has 1 amide bonds. The summed E-state index contributed by atoms with van der Waals surface area (Å²) in [5, 5.41) is 13.1. The molecule has 0 bridgehead atoms. The molecule has 1 aliphatic heterocycles. The third kappa shape index (κ3) is 3.46. The molecule has 1 aromatic heterocycles. The van der Waals surface area contributed by atoms with E-state index in [9.17, 15) is 14.7 Å². The minimum atomic E-state index is -0.643. The third-order valence-electron chi connectivity index (χ3n) is 5.71. The molecule has 1 fully saturated rings. The SMILES string of the molecule is Cc1ccc(/C(O)=C2\C(=O)C(=O)N(Cc3cccs3)C2c2ccccc2C)cc1C. The molecule has 1 saturated heterocycles. The van der Waals surface area contributed by atoms with Gasteiger partial charge in [-0.25, -0.2) is 0 Å². The maximum absolute atomic E-state index is 13.1. The normalized spacial score (nSPS) is 18.2. The van der Waals surface area contributed by atoms with Gasteiger partial charge in [0.2, 0.25) is 0 Å². The first-order chi connectivity index (χ1) is 14.4. The van der Waals surface area contributed by atoms with Crippen LogP contribution in [0, 0.1) is 20.8 Å². The molecule has 1 N–H and O–H groups in total. The quantitative estimate of drug-likeness (QED) is 0.356. The van der Waals surface area contributed by atoms with Crippen LogP contribution >= 0.6 is 11.3 Å². The fourth-order valence-electron chi connectivity index (χ4n) is 3.87. The molecule has 4 rings (SSSR count). The highest BCUT2D eigenvalue weighted by Gasteiger charge is 2.46. The first kappa shape index (κ1) is 20.1. The number of aryl methyl sites for hydroxylation is 3. The van der Waals surface area contributed by atoms with Gasteiger partial charge in [0, 0.05) is 10.4 Å². The Balaban J connectivity index is 1.90. The van der Waals surface area contributed by atoms with Crippen LogP contribution in [0.25, 0.3) is 5.76 Å². The van der Waals surface area contributed by atoms with Gasteiger partial charge in [-0.05, 0) is 60.5 Å². The van der Waals surface area contributed by atoms with Gasteiger partial charge in [0.05, 0.1) is 18.2 Å². The summed E-state index contributed by atoms with van der Waals surface area (Å²) < 4.78 is 0. The van der Waals surface area contributed by atoms with Crippen LogP contribution in [0.3, 0.4) is 0 Å². The van der Waals surface area contributed by atoms with Crippen molar-refractivity contribution in [2.75, 3.05) is 0 Å². The van der Waals surface area contributed by atoms with Crippen LogP contribution in [-0.4, -0.2) is 21.7 Å². The lowest BCUT2D eigenvalue weighted by molar-refractivity contribution is -0.140. The van der Waals surface area contributed by atoms with Crippen molar-refractivity contribution in [2.45, 2.75) is 33.4 Å². The minimum absolute atomic E-state index is 0.126. The van der Waals surface area contributed by atoms with Crippen molar-refractivity contribution in [1.82, 2.24) is 4.90 Å². The zero-order valence-corrected chi connectivity index (χ0v) is 18.0. The van der Waals surface area contributed by atoms with Gasteiger partial charge < -0.3 is 10.0 Å². The number of carbonyl (C=O) groups is 2. The predicted octanol–water partition coefficient (Wildman–Crippen LogP) is 5.30. The first-order valence-electron chi connectivity index (χ1n) is 9.82. The average molecular weight is 418 g/mol. The summed E-state index contributed by atoms with van der Waals surface area (Å²) in [6.45, 7) is 6.23. The monoisotopic (exact) mass is 417 g/mol. The number of Topliss-reactive ketones (excluding diaryl/α,β-unsaturated/α-hetero) is 1. The van der Waals surface area contributed by atoms with Crippen LogP contribution in [0.5, 0.6) is 0 Å². The van der Waals surface area contributed by atoms with Gasteiger partial charge >= 0.3 is 0 Å². The molecule has 152 valence electrons. The Morgan fingerprint density at radius 2 is 1.73 bits per heavy atom. The van der Waals surface area contributed by atoms with Gasteiger partial charge in [0.25, 0.3) is 11.7 Å². The number of nitrogens with zero attached hydrogens (tertiary/aromatic N) is 1. The summed E-state index contributed by atoms with van der Waals surface area (Å²) >= 11 is 1.54. The third-order valence-corrected chi connectivity index (χ3v) is 6.57. The summed E-state index contributed by atoms with van der Waals surface area (Å²) in [6.07, 6.45) is 0. The molecule has 1 unspecified atom stereocenters. The number of benzene rings is 2. The van der Waals surface area contributed by atoms with E-state index in [0.717, 1.165) is 27.1 Å². The number of amides is 1. The number of rotatable bonds is 4. The number of aliphatic hydroxyl groups is 1. The number of carbonyl (C=O) groups excluding carboxylic acids is 2. The number of ketones is 1. The second-order valence-corrected chi connectivity index (χ2v) is 8.69. The van der Waals surface area contributed by atoms with E-state index in [-0.39, 0.29) is 11.3 Å². The Morgan fingerprint density at radius 1 is 0.967 bits per heavy atom. The highest BCUT2D eigenvalue weighted by atomic mass is 32.1. The predicted molar refractivity (Wildman–Crippen MR) is 119 cm³/mol. The minimum Gasteiger partial charge on any atom is -0.507 e. The Morgan fingerprint density at radius 3 is 2.40 bits per heavy atom. The van der Waals surface area contributed by atoms with E-state index in [0.29, 0.717) is 12.1 Å². The Kier molecular flexibility index (Phi) is 5.31. The number of thiophene rings is 1. The molecule has 0 radical (unpaired) electrons. The zero-order valence-electron chi connectivity index (χ0n) is 17.2. The molecule has 0 saturated carbocycles. The Bertz CT molecular complexity index is 1160. The van der Waals surface area contributed by atoms with E-state index >= 15 is 0 Å². The maximum atomic E-state index is 13.1. The molecule has 0 spiro atoms. The first-order valence-corrected chi connectivity index (χ1v) is 10.7. The van der Waals surface area contributed by atoms with Gasteiger partial charge in [-0.15, -0.1) is 11.3 Å². The molecule has 3 aromatic rings. The highest BCUT2D eigenvalue weighted by molar-refractivity contribution is 7.09. The smallest absolute Gasteiger partial charge is 0.295 e. The largest absolute Gasteiger partial charge is 0.507 e. The van der Waals surface area contributed by atoms with Crippen LogP contribution in [0.4, 0.5) is 0 Å². The Labute approximate surface area is 180 Å². The fraction of sp³-hybridized carbons (Fsp3) is 0.200. The topological polar surface area (TPSA) is 57.6 Å². The van der Waals surface area contributed by atoms with E-state index in [1.807, 2.05) is 74.7 Å². The van der Waals surface area contributed by atoms with E-state index in [1.165, 1.54) is 0 Å². The van der Waals surface area contributed by atoms with Crippen LogP contribution in [0.1, 0.15) is 38.7 Å². The summed E-state index contributed by atoms with van der Waals surface area (Å²) in [7, 11) is 0. The van der Waals surface area contributed by atoms with Crippen molar-refractivity contribution >= 4 is 28.8 Å². The second-order valence-electron chi connectivity index (χ2n) is 7.66. The van der Waals surface area contributed by atoms with Gasteiger partial charge in [-0.3, -0.25) is 9.59 Å². The maximum Gasteiger partial charge on any atom is 0.295 e. The number of hydrogen-bond acceptors (Lipinski definition) is 4. The molecule has 1 aliphatic rings. The highest BCUT2D eigenvalue weighted by Crippen LogP contribution is 2.41. The molecule has 30 heavy (non-hydrogen) atoms. The molecule has 0 aliphatic carbocycles. The molecule has 2 aromatic carbocycles. The number of aliphatic hydroxyl groups excluding tert-OH is 1. The van der Waals surface area contributed by atoms with Crippen LogP contribution < -0.4 is 0 Å². The van der Waals surface area contributed by atoms with E-state index in [4.69, 9.17) is 0 Å². The molecule has 1 atom stereocenters. The van der Waals surface area contributed by atoms with E-state index < -0.39 is 17.7 Å². The van der Waals surface area contributed by atoms with Gasteiger partial charge in [0.15, 0.2) is 0 Å². The van der Waals surface area contributed by atoms with Gasteiger partial charge in [0.1, 0.15) is 5.76 Å². The average Bonchev–Trinajstić information content (AvgIpc) is 3.32. The van der Waals surface area contributed by atoms with Crippen LogP contribution in [0.15, 0.2) is 65.6 Å². The van der Waals surface area contributed by atoms with Crippen molar-refractivity contribution in [1.29, 1.82) is 0 Å². The summed E-state index contributed by atoms with van der Waals surface area (Å²) in [6, 6.07) is 16.5. The fourth-order valence-corrected chi connectivity index (χ4v) is 4.58. The van der Waals surface area contributed by atoms with Gasteiger partial charge in [-0.2, -0.15) is 0 Å². The summed E-state index contributed by atoms with van der Waals surface area (Å²) in [4.78, 5) is 28.7. The number of hydrogen-bond donors (Lipinski definition) is 1. The number of likely N-dealkylation sites (tertiary alicyclic amines) is 1. The molecule has 2 heterocycles. The molecule has 5 heteroatoms. The lowest BCUT2D eigenvalue weighted by Gasteiger charge is -2.26. The second kappa shape index (κ2) is 7.92. The lowest BCUT2D eigenvalue weighted by Crippen LogP contribution is -2.29. The summed E-state index contributed by atoms with van der Waals surface area (Å²) in [5.41, 5.74) is 4.62. The van der Waals surface area contributed by atoms with Crippen molar-refractivity contribution in [3.63, 3.8) is 0 Å². The summed E-state index contributed by atoms with van der Waals surface area (Å²) in [5.74, 6) is -1.35. The lowest BCUT2D eigenvalue weighted by atomic mass is 9.92. The molecular weight excluding hydrogens is 394 g/mol. The van der Waals surface area contributed by atoms with Crippen molar-refractivity contribution in [2.24, 2.45) is 0 Å². The van der Waals surface area contributed by atoms with Crippen LogP contribution in [0.2, 0.25) is 0 Å². The zero-order chi connectivity index (χ0) is 21.4. The van der Waals surface area contributed by atoms with E-state index in [1.54, 1.807) is 22.3 Å². The van der Waals surface area contributed by atoms with Gasteiger partial charge in [-0.1, -0.05) is 42.5 Å². The van der Waals surface area contributed by atoms with Crippen molar-refractivity contribution in [3.05, 3.63) is 98.2 Å². The van der Waals surface area contributed by atoms with Crippen molar-refractivity contribution in [3.8, 4) is 0 Å². The Hall–Kier alpha value is -3.18. The van der Waals surface area contributed by atoms with Crippen molar-refractivity contribution < 1.29 is 14.7 Å². The van der Waals surface area contributed by atoms with Crippen LogP contribution in [-0.2, 0) is 16.1 Å². The van der Waals surface area contributed by atoms with E-state index in [2.05, 4.69) is 0 Å².